The average Bonchev–Trinajstić information content (AvgIpc) is 4.09. The Kier molecular flexibility index (Phi) is 24.0. The number of guanidine groups is 1. The number of hydrogen-bond acceptors (Lipinski definition) is 12. The summed E-state index contributed by atoms with van der Waals surface area (Å²) in [5.41, 5.74) is 19.2. The molecular formula is C54H76N16O10. The maximum Gasteiger partial charge on any atom is 0.243 e. The molecule has 8 atom stereocenters. The highest BCUT2D eigenvalue weighted by Gasteiger charge is 2.36. The maximum atomic E-state index is 14.8. The summed E-state index contributed by atoms with van der Waals surface area (Å²) < 4.78 is 0. The number of H-pyrrole nitrogens is 2. The predicted molar refractivity (Wildman–Crippen MR) is 296 cm³/mol. The van der Waals surface area contributed by atoms with Gasteiger partial charge in [0.15, 0.2) is 5.96 Å². The molecule has 0 radical (unpaired) electrons. The van der Waals surface area contributed by atoms with Gasteiger partial charge >= 0.3 is 0 Å². The van der Waals surface area contributed by atoms with Gasteiger partial charge in [0.2, 0.25) is 59.1 Å². The molecule has 10 amide bonds. The molecule has 0 bridgehead atoms. The van der Waals surface area contributed by atoms with Crippen LogP contribution in [0.1, 0.15) is 95.9 Å². The quantitative estimate of drug-likeness (QED) is 0.0326. The molecule has 5 rings (SSSR count). The van der Waals surface area contributed by atoms with Crippen molar-refractivity contribution in [1.82, 2.24) is 62.8 Å². The van der Waals surface area contributed by atoms with Gasteiger partial charge in [-0.15, -0.1) is 0 Å². The molecule has 0 saturated carbocycles. The third kappa shape index (κ3) is 20.2. The second-order valence-electron chi connectivity index (χ2n) is 20.3. The standard InChI is InChI=1S/C54H76N16O10/c1-30(2)19-20-40(64-32(4)71)49(76)70-44-26-45(72)59-21-11-10-17-38(46(55)73)65-47(74)31(3)63-50(77)42(24-34-27-61-37-16-9-8-15-36(34)37)68-48(75)39(18-12-22-60-54(56)57)66-51(78)41(23-33-13-6-5-7-14-33)67-52(79)43(69-53(44)80)25-35-28-58-29-62-35/h5-9,13-16,27-31,38-44,61H,10-12,17-26H2,1-4H3,(H2,55,73)(H,58,62)(H,59,72)(H,63,77)(H,64,71)(H,65,74)(H,66,78)(H,67,79)(H,68,75)(H,69,80)(H,70,76)(H4,56,57,60)/t31-,38-,39-,40-,41+,42+,43-,44-/m0/s1. The smallest absolute Gasteiger partial charge is 0.243 e. The number of rotatable bonds is 17. The lowest BCUT2D eigenvalue weighted by Gasteiger charge is -2.28. The summed E-state index contributed by atoms with van der Waals surface area (Å²) in [6.07, 6.45) is 4.67. The summed E-state index contributed by atoms with van der Waals surface area (Å²) in [5, 5.41) is 24.8. The molecule has 80 heavy (non-hydrogen) atoms. The third-order valence-corrected chi connectivity index (χ3v) is 13.2. The monoisotopic (exact) mass is 1110 g/mol. The van der Waals surface area contributed by atoms with E-state index >= 15 is 0 Å². The predicted octanol–water partition coefficient (Wildman–Crippen LogP) is -1.50. The fraction of sp³-hybridized carbons (Fsp3) is 0.481. The number of benzene rings is 2. The second-order valence-corrected chi connectivity index (χ2v) is 20.3. The highest BCUT2D eigenvalue weighted by molar-refractivity contribution is 5.99. The largest absolute Gasteiger partial charge is 0.370 e. The van der Waals surface area contributed by atoms with E-state index in [9.17, 15) is 47.9 Å². The minimum Gasteiger partial charge on any atom is -0.370 e. The maximum absolute atomic E-state index is 14.8. The Balaban J connectivity index is 1.56. The van der Waals surface area contributed by atoms with Crippen LogP contribution in [0.2, 0.25) is 0 Å². The molecule has 0 aliphatic carbocycles. The van der Waals surface area contributed by atoms with E-state index in [0.717, 1.165) is 10.9 Å². The summed E-state index contributed by atoms with van der Waals surface area (Å²) in [6.45, 7) is 6.54. The van der Waals surface area contributed by atoms with Crippen LogP contribution in [0.4, 0.5) is 0 Å². The molecule has 432 valence electrons. The van der Waals surface area contributed by atoms with E-state index < -0.39 is 114 Å². The molecule has 0 unspecified atom stereocenters. The zero-order valence-corrected chi connectivity index (χ0v) is 45.5. The molecule has 1 aliphatic heterocycles. The minimum absolute atomic E-state index is 0.0201. The van der Waals surface area contributed by atoms with Crippen LogP contribution in [0.15, 0.2) is 78.3 Å². The number of aliphatic imine (C=N–C) groups is 1. The first-order chi connectivity index (χ1) is 38.2. The summed E-state index contributed by atoms with van der Waals surface area (Å²) in [5.74, 6) is -8.01. The van der Waals surface area contributed by atoms with Crippen molar-refractivity contribution in [2.24, 2.45) is 28.1 Å². The number of aromatic nitrogens is 3. The Morgan fingerprint density at radius 2 is 1.36 bits per heavy atom. The molecule has 1 saturated heterocycles. The number of nitrogens with zero attached hydrogens (tertiary/aromatic N) is 2. The number of amides is 10. The van der Waals surface area contributed by atoms with Gasteiger partial charge in [-0.3, -0.25) is 52.9 Å². The summed E-state index contributed by atoms with van der Waals surface area (Å²) in [6, 6.07) is 5.04. The average molecular weight is 1110 g/mol. The van der Waals surface area contributed by atoms with Crippen molar-refractivity contribution in [2.75, 3.05) is 13.1 Å². The topological polar surface area (TPSA) is 414 Å². The van der Waals surface area contributed by atoms with Gasteiger partial charge in [0, 0.05) is 68.3 Å². The van der Waals surface area contributed by atoms with Crippen molar-refractivity contribution in [2.45, 2.75) is 147 Å². The summed E-state index contributed by atoms with van der Waals surface area (Å²) in [4.78, 5) is 153. The summed E-state index contributed by atoms with van der Waals surface area (Å²) >= 11 is 0. The van der Waals surface area contributed by atoms with E-state index in [-0.39, 0.29) is 82.8 Å². The normalized spacial score (nSPS) is 22.0. The van der Waals surface area contributed by atoms with E-state index in [1.54, 1.807) is 42.6 Å². The fourth-order valence-corrected chi connectivity index (χ4v) is 8.89. The van der Waals surface area contributed by atoms with Gasteiger partial charge in [0.25, 0.3) is 0 Å². The van der Waals surface area contributed by atoms with Gasteiger partial charge in [0.1, 0.15) is 48.3 Å². The van der Waals surface area contributed by atoms with Crippen LogP contribution in [-0.4, -0.2) is 141 Å². The third-order valence-electron chi connectivity index (χ3n) is 13.2. The molecule has 1 fully saturated rings. The molecule has 4 aromatic rings. The summed E-state index contributed by atoms with van der Waals surface area (Å²) in [7, 11) is 0. The van der Waals surface area contributed by atoms with Crippen LogP contribution in [0, 0.1) is 5.92 Å². The van der Waals surface area contributed by atoms with Gasteiger partial charge in [0.05, 0.1) is 12.7 Å². The number of hydrogen-bond donors (Lipinski definition) is 14. The Labute approximate surface area is 463 Å². The Morgan fingerprint density at radius 3 is 2.02 bits per heavy atom. The van der Waals surface area contributed by atoms with E-state index in [2.05, 4.69) is 67.8 Å². The highest BCUT2D eigenvalue weighted by atomic mass is 16.2. The molecule has 3 heterocycles. The van der Waals surface area contributed by atoms with E-state index in [0.29, 0.717) is 23.2 Å². The Hall–Kier alpha value is -8.84. The highest BCUT2D eigenvalue weighted by Crippen LogP contribution is 2.20. The van der Waals surface area contributed by atoms with Crippen molar-refractivity contribution in [3.63, 3.8) is 0 Å². The first-order valence-electron chi connectivity index (χ1n) is 26.7. The number of carbonyl (C=O) groups excluding carboxylic acids is 10. The lowest BCUT2D eigenvalue weighted by atomic mass is 10.0. The van der Waals surface area contributed by atoms with Gasteiger partial charge < -0.3 is 75.0 Å². The van der Waals surface area contributed by atoms with Crippen LogP contribution < -0.4 is 65.1 Å². The van der Waals surface area contributed by atoms with Crippen LogP contribution in [-0.2, 0) is 67.2 Å². The zero-order valence-electron chi connectivity index (χ0n) is 45.5. The number of carbonyl (C=O) groups is 10. The van der Waals surface area contributed by atoms with Gasteiger partial charge in [-0.2, -0.15) is 0 Å². The Morgan fingerprint density at radius 1 is 0.725 bits per heavy atom. The Bertz CT molecular complexity index is 2800. The lowest BCUT2D eigenvalue weighted by molar-refractivity contribution is -0.136. The SMILES string of the molecule is CC(=O)N[C@@H](CCC(C)C)C(=O)N[C@H]1CC(=O)NCCCC[C@@H](C(N)=O)NC(=O)[C@H](C)NC(=O)[C@@H](Cc2c[nH]c3ccccc23)NC(=O)[C@H](CCCN=C(N)N)NC(=O)[C@@H](Cc2ccccc2)NC(=O)[C@H](Cc2cnc[nH]2)NC1=O. The van der Waals surface area contributed by atoms with E-state index in [1.807, 2.05) is 32.0 Å². The van der Waals surface area contributed by atoms with Crippen LogP contribution >= 0.6 is 0 Å². The molecule has 26 heteroatoms. The molecule has 17 N–H and O–H groups in total. The molecular weight excluding hydrogens is 1030 g/mol. The number of fused-ring (bicyclic) bond motifs is 1. The van der Waals surface area contributed by atoms with Crippen molar-refractivity contribution in [3.05, 3.63) is 90.1 Å². The van der Waals surface area contributed by atoms with Gasteiger partial charge in [-0.25, -0.2) is 4.98 Å². The van der Waals surface area contributed by atoms with Crippen LogP contribution in [0.3, 0.4) is 0 Å². The van der Waals surface area contributed by atoms with Crippen LogP contribution in [0.25, 0.3) is 10.9 Å². The first-order valence-corrected chi connectivity index (χ1v) is 26.7. The number of primary amides is 1. The number of nitrogens with two attached hydrogens (primary N) is 3. The number of imidazole rings is 1. The molecule has 0 spiro atoms. The second kappa shape index (κ2) is 30.9. The van der Waals surface area contributed by atoms with Gasteiger partial charge in [-0.05, 0) is 75.0 Å². The van der Waals surface area contributed by atoms with E-state index in [4.69, 9.17) is 17.2 Å². The van der Waals surface area contributed by atoms with Crippen molar-refractivity contribution in [1.29, 1.82) is 0 Å². The number of nitrogens with one attached hydrogen (secondary N) is 11. The minimum atomic E-state index is -1.62. The zero-order chi connectivity index (χ0) is 58.3. The molecule has 2 aromatic carbocycles. The van der Waals surface area contributed by atoms with Crippen LogP contribution in [0.5, 0.6) is 0 Å². The molecule has 2 aromatic heterocycles. The molecule has 26 nitrogen and oxygen atoms in total. The first kappa shape index (κ1) is 62.0. The van der Waals surface area contributed by atoms with Crippen molar-refractivity contribution < 1.29 is 47.9 Å². The van der Waals surface area contributed by atoms with Crippen molar-refractivity contribution >= 4 is 75.9 Å². The fourth-order valence-electron chi connectivity index (χ4n) is 8.89. The number of aromatic amines is 2. The van der Waals surface area contributed by atoms with Gasteiger partial charge in [-0.1, -0.05) is 62.4 Å². The number of para-hydroxylation sites is 1. The molecule has 1 aliphatic rings. The van der Waals surface area contributed by atoms with Crippen molar-refractivity contribution in [3.8, 4) is 0 Å². The lowest BCUT2D eigenvalue weighted by Crippen LogP contribution is -2.61. The van der Waals surface area contributed by atoms with E-state index in [1.165, 1.54) is 26.4 Å².